The van der Waals surface area contributed by atoms with Crippen molar-refractivity contribution >= 4 is 33.3 Å². The number of thiazole rings is 1. The molecule has 0 saturated carbocycles. The molecule has 30 heavy (non-hydrogen) atoms. The van der Waals surface area contributed by atoms with Gasteiger partial charge in [-0.3, -0.25) is 4.79 Å². The highest BCUT2D eigenvalue weighted by molar-refractivity contribution is 7.20. The van der Waals surface area contributed by atoms with Gasteiger partial charge in [0.2, 0.25) is 5.13 Å². The molecule has 0 bridgehead atoms. The van der Waals surface area contributed by atoms with Crippen LogP contribution in [0.25, 0.3) is 15.3 Å². The van der Waals surface area contributed by atoms with E-state index in [1.807, 2.05) is 26.8 Å². The molecule has 2 aromatic carbocycles. The van der Waals surface area contributed by atoms with Gasteiger partial charge in [-0.2, -0.15) is 9.78 Å². The van der Waals surface area contributed by atoms with Crippen LogP contribution in [0.15, 0.2) is 42.5 Å². The van der Waals surface area contributed by atoms with Crippen molar-refractivity contribution < 1.29 is 9.53 Å². The fraction of sp³-hybridized carbons (Fsp3) is 0.261. The van der Waals surface area contributed by atoms with Gasteiger partial charge in [0.25, 0.3) is 5.91 Å². The first kappa shape index (κ1) is 20.1. The number of amides is 1. The minimum atomic E-state index is -0.208. The monoisotopic (exact) mass is 420 g/mol. The Hall–Kier alpha value is -3.19. The predicted molar refractivity (Wildman–Crippen MR) is 121 cm³/mol. The van der Waals surface area contributed by atoms with Crippen LogP contribution in [0.5, 0.6) is 5.75 Å². The third-order valence-corrected chi connectivity index (χ3v) is 5.73. The van der Waals surface area contributed by atoms with E-state index < -0.39 is 0 Å². The lowest BCUT2D eigenvalue weighted by Gasteiger charge is -2.10. The first-order chi connectivity index (χ1) is 14.3. The summed E-state index contributed by atoms with van der Waals surface area (Å²) in [6.45, 7) is 10.00. The second-order valence-electron chi connectivity index (χ2n) is 7.63. The van der Waals surface area contributed by atoms with Gasteiger partial charge in [-0.25, -0.2) is 4.98 Å². The molecule has 0 aliphatic rings. The highest BCUT2D eigenvalue weighted by Gasteiger charge is 2.16. The van der Waals surface area contributed by atoms with Crippen molar-refractivity contribution in [1.29, 1.82) is 0 Å². The lowest BCUT2D eigenvalue weighted by molar-refractivity contribution is 0.102. The number of benzene rings is 2. The van der Waals surface area contributed by atoms with Crippen LogP contribution in [0, 0.1) is 20.8 Å². The van der Waals surface area contributed by atoms with E-state index in [4.69, 9.17) is 9.72 Å². The van der Waals surface area contributed by atoms with E-state index in [0.29, 0.717) is 11.4 Å². The average Bonchev–Trinajstić information content (AvgIpc) is 3.25. The van der Waals surface area contributed by atoms with Gasteiger partial charge < -0.3 is 10.1 Å². The summed E-state index contributed by atoms with van der Waals surface area (Å²) in [6, 6.07) is 13.2. The molecule has 4 aromatic rings. The van der Waals surface area contributed by atoms with Crippen LogP contribution in [-0.2, 0) is 0 Å². The Morgan fingerprint density at radius 3 is 2.47 bits per heavy atom. The number of carbonyl (C=O) groups is 1. The van der Waals surface area contributed by atoms with Crippen molar-refractivity contribution in [1.82, 2.24) is 14.8 Å². The normalized spacial score (nSPS) is 11.3. The van der Waals surface area contributed by atoms with E-state index in [9.17, 15) is 4.79 Å². The Kier molecular flexibility index (Phi) is 5.30. The number of fused-ring (bicyclic) bond motifs is 1. The topological polar surface area (TPSA) is 69.0 Å². The minimum absolute atomic E-state index is 0.0865. The molecule has 1 N–H and O–H groups in total. The third kappa shape index (κ3) is 4.07. The summed E-state index contributed by atoms with van der Waals surface area (Å²) in [7, 11) is 0. The lowest BCUT2D eigenvalue weighted by Crippen LogP contribution is -2.15. The Labute approximate surface area is 179 Å². The summed E-state index contributed by atoms with van der Waals surface area (Å²) in [6.07, 6.45) is 0.0865. The molecule has 154 valence electrons. The molecule has 0 aliphatic heterocycles. The molecule has 7 heteroatoms. The van der Waals surface area contributed by atoms with Crippen LogP contribution < -0.4 is 10.1 Å². The highest BCUT2D eigenvalue weighted by atomic mass is 32.1. The number of anilines is 1. The number of nitrogens with one attached hydrogen (secondary N) is 1. The lowest BCUT2D eigenvalue weighted by atomic mass is 10.1. The summed E-state index contributed by atoms with van der Waals surface area (Å²) in [5.74, 6) is 1.12. The highest BCUT2D eigenvalue weighted by Crippen LogP contribution is 2.29. The summed E-state index contributed by atoms with van der Waals surface area (Å²) in [5, 5.41) is 8.23. The van der Waals surface area contributed by atoms with Crippen molar-refractivity contribution in [3.05, 3.63) is 64.8 Å². The molecule has 6 nitrogen and oxygen atoms in total. The summed E-state index contributed by atoms with van der Waals surface area (Å²) >= 11 is 1.55. The van der Waals surface area contributed by atoms with Crippen molar-refractivity contribution in [2.24, 2.45) is 0 Å². The van der Waals surface area contributed by atoms with Crippen LogP contribution in [0.2, 0.25) is 0 Å². The second-order valence-corrected chi connectivity index (χ2v) is 8.64. The van der Waals surface area contributed by atoms with Crippen LogP contribution in [0.4, 0.5) is 5.82 Å². The van der Waals surface area contributed by atoms with Crippen molar-refractivity contribution in [2.75, 3.05) is 5.32 Å². The fourth-order valence-electron chi connectivity index (χ4n) is 3.14. The van der Waals surface area contributed by atoms with E-state index in [-0.39, 0.29) is 12.0 Å². The molecule has 4 rings (SSSR count). The van der Waals surface area contributed by atoms with E-state index in [2.05, 4.69) is 36.4 Å². The van der Waals surface area contributed by atoms with Gasteiger partial charge in [-0.1, -0.05) is 11.3 Å². The molecule has 0 fully saturated rings. The molecule has 2 heterocycles. The zero-order chi connectivity index (χ0) is 21.4. The maximum atomic E-state index is 12.8. The molecule has 0 unspecified atom stereocenters. The van der Waals surface area contributed by atoms with Crippen molar-refractivity contribution in [3.63, 3.8) is 0 Å². The van der Waals surface area contributed by atoms with E-state index in [1.54, 1.807) is 40.3 Å². The number of rotatable bonds is 5. The number of aromatic nitrogens is 3. The minimum Gasteiger partial charge on any atom is -0.491 e. The largest absolute Gasteiger partial charge is 0.491 e. The van der Waals surface area contributed by atoms with Crippen LogP contribution >= 0.6 is 11.3 Å². The summed E-state index contributed by atoms with van der Waals surface area (Å²) in [4.78, 5) is 17.5. The van der Waals surface area contributed by atoms with Crippen molar-refractivity contribution in [2.45, 2.75) is 40.7 Å². The summed E-state index contributed by atoms with van der Waals surface area (Å²) in [5.41, 5.74) is 4.72. The quantitative estimate of drug-likeness (QED) is 0.466. The average molecular weight is 421 g/mol. The van der Waals surface area contributed by atoms with Gasteiger partial charge in [0.15, 0.2) is 0 Å². The molecule has 0 atom stereocenters. The number of aryl methyl sites for hydroxylation is 3. The first-order valence-electron chi connectivity index (χ1n) is 9.83. The SMILES string of the molecule is Cc1cc(NC(=O)c2ccc(OC(C)C)cc2)n(-c2nc3cc(C)c(C)cc3s2)n1. The molecular weight excluding hydrogens is 396 g/mol. The summed E-state index contributed by atoms with van der Waals surface area (Å²) < 4.78 is 8.43. The third-order valence-electron chi connectivity index (χ3n) is 4.74. The number of hydrogen-bond donors (Lipinski definition) is 1. The first-order valence-corrected chi connectivity index (χ1v) is 10.6. The Balaban J connectivity index is 1.61. The van der Waals surface area contributed by atoms with Gasteiger partial charge in [-0.05, 0) is 82.1 Å². The van der Waals surface area contributed by atoms with Gasteiger partial charge in [0, 0.05) is 11.6 Å². The molecule has 0 aliphatic carbocycles. The number of nitrogens with zero attached hydrogens (tertiary/aromatic N) is 3. The molecule has 2 aromatic heterocycles. The number of carbonyl (C=O) groups excluding carboxylic acids is 1. The maximum Gasteiger partial charge on any atom is 0.256 e. The molecular formula is C23H24N4O2S. The van der Waals surface area contributed by atoms with Crippen molar-refractivity contribution in [3.8, 4) is 10.9 Å². The van der Waals surface area contributed by atoms with Gasteiger partial charge in [-0.15, -0.1) is 0 Å². The van der Waals surface area contributed by atoms with Crippen LogP contribution in [-0.4, -0.2) is 26.8 Å². The van der Waals surface area contributed by atoms with Crippen LogP contribution in [0.3, 0.4) is 0 Å². The van der Waals surface area contributed by atoms with E-state index >= 15 is 0 Å². The fourth-order valence-corrected chi connectivity index (χ4v) is 4.15. The second kappa shape index (κ2) is 7.91. The molecule has 0 spiro atoms. The van der Waals surface area contributed by atoms with E-state index in [1.165, 1.54) is 11.1 Å². The number of ether oxygens (including phenoxy) is 1. The molecule has 0 saturated heterocycles. The molecule has 0 radical (unpaired) electrons. The zero-order valence-corrected chi connectivity index (χ0v) is 18.5. The van der Waals surface area contributed by atoms with Crippen LogP contribution in [0.1, 0.15) is 41.0 Å². The standard InChI is InChI=1S/C23H24N4O2S/c1-13(2)29-18-8-6-17(7-9-18)22(28)25-21-12-16(5)26-27(21)23-24-19-10-14(3)15(4)11-20(19)30-23/h6-13H,1-5H3,(H,25,28). The zero-order valence-electron chi connectivity index (χ0n) is 17.7. The van der Waals surface area contributed by atoms with E-state index in [0.717, 1.165) is 26.8 Å². The van der Waals surface area contributed by atoms with Gasteiger partial charge in [0.1, 0.15) is 11.6 Å². The predicted octanol–water partition coefficient (Wildman–Crippen LogP) is 5.45. The Morgan fingerprint density at radius 1 is 1.07 bits per heavy atom. The Bertz CT molecular complexity index is 1180. The maximum absolute atomic E-state index is 12.8. The van der Waals surface area contributed by atoms with Gasteiger partial charge >= 0.3 is 0 Å². The smallest absolute Gasteiger partial charge is 0.256 e. The molecule has 1 amide bonds. The van der Waals surface area contributed by atoms with Gasteiger partial charge in [0.05, 0.1) is 22.0 Å². The Morgan fingerprint density at radius 2 is 1.77 bits per heavy atom. The number of hydrogen-bond acceptors (Lipinski definition) is 5.